The van der Waals surface area contributed by atoms with E-state index in [1.807, 2.05) is 43.3 Å². The first-order chi connectivity index (χ1) is 23.7. The van der Waals surface area contributed by atoms with Crippen LogP contribution in [0.15, 0.2) is 149 Å². The molecule has 0 saturated carbocycles. The van der Waals surface area contributed by atoms with Crippen LogP contribution >= 0.6 is 0 Å². The zero-order chi connectivity index (χ0) is 32.5. The van der Waals surface area contributed by atoms with Crippen LogP contribution in [0.3, 0.4) is 0 Å². The first-order valence-corrected chi connectivity index (χ1v) is 15.6. The maximum absolute atomic E-state index is 5.13. The van der Waals surface area contributed by atoms with Crippen molar-refractivity contribution in [1.29, 1.82) is 0 Å². The smallest absolute Gasteiger partial charge is 0.179 e. The van der Waals surface area contributed by atoms with E-state index in [1.165, 1.54) is 21.8 Å². The summed E-state index contributed by atoms with van der Waals surface area (Å²) >= 11 is 0. The fraction of sp³-hybridized carbons (Fsp3) is 0.0513. The van der Waals surface area contributed by atoms with Gasteiger partial charge in [0.25, 0.3) is 0 Å². The summed E-state index contributed by atoms with van der Waals surface area (Å²) < 4.78 is 2.33. The maximum Gasteiger partial charge on any atom is 0.179 e. The number of nitrogens with zero attached hydrogens (tertiary/aromatic N) is 8. The van der Waals surface area contributed by atoms with Crippen molar-refractivity contribution in [2.45, 2.75) is 6.92 Å². The summed E-state index contributed by atoms with van der Waals surface area (Å²) in [6, 6.07) is 46.5. The topological polar surface area (TPSA) is 109 Å². The molecule has 0 amide bonds. The average molecular weight is 624 g/mol. The number of aromatic nitrogens is 6. The zero-order valence-electron chi connectivity index (χ0n) is 26.3. The number of para-hydroxylation sites is 2. The molecule has 9 heteroatoms. The second-order valence-electron chi connectivity index (χ2n) is 11.4. The van der Waals surface area contributed by atoms with Crippen molar-refractivity contribution in [3.05, 3.63) is 139 Å². The summed E-state index contributed by atoms with van der Waals surface area (Å²) in [4.78, 5) is 5.13. The molecular weight excluding hydrogens is 594 g/mol. The van der Waals surface area contributed by atoms with Crippen molar-refractivity contribution < 1.29 is 0 Å². The van der Waals surface area contributed by atoms with Crippen LogP contribution < -0.4 is 0 Å². The molecule has 0 atom stereocenters. The minimum absolute atomic E-state index is 0.617. The lowest BCUT2D eigenvalue weighted by atomic mass is 9.98. The Hall–Kier alpha value is -6.61. The van der Waals surface area contributed by atoms with Crippen LogP contribution in [-0.4, -0.2) is 42.9 Å². The van der Waals surface area contributed by atoms with Crippen molar-refractivity contribution >= 4 is 27.5 Å². The van der Waals surface area contributed by atoms with E-state index in [-0.39, 0.29) is 0 Å². The Morgan fingerprint density at radius 3 is 1.77 bits per heavy atom. The van der Waals surface area contributed by atoms with Crippen molar-refractivity contribution in [1.82, 2.24) is 30.2 Å². The van der Waals surface area contributed by atoms with Gasteiger partial charge in [-0.25, -0.2) is 10.1 Å². The largest absolute Gasteiger partial charge is 0.309 e. The summed E-state index contributed by atoms with van der Waals surface area (Å²) in [6.45, 7) is 1.92. The molecule has 0 fully saturated rings. The molecule has 8 rings (SSSR count). The predicted molar refractivity (Wildman–Crippen MR) is 191 cm³/mol. The molecule has 0 aliphatic rings. The van der Waals surface area contributed by atoms with Crippen LogP contribution in [-0.2, 0) is 0 Å². The Morgan fingerprint density at radius 2 is 1.19 bits per heavy atom. The van der Waals surface area contributed by atoms with Gasteiger partial charge in [-0.3, -0.25) is 0 Å². The summed E-state index contributed by atoms with van der Waals surface area (Å²) in [7, 11) is 1.60. The highest BCUT2D eigenvalue weighted by atomic mass is 15.5. The van der Waals surface area contributed by atoms with Gasteiger partial charge < -0.3 is 4.57 Å². The van der Waals surface area contributed by atoms with Gasteiger partial charge in [-0.15, -0.1) is 10.2 Å². The minimum atomic E-state index is 0.617. The highest BCUT2D eigenvalue weighted by molar-refractivity contribution is 6.09. The molecule has 0 bridgehead atoms. The molecule has 48 heavy (non-hydrogen) atoms. The molecule has 0 spiro atoms. The highest BCUT2D eigenvalue weighted by Gasteiger charge is 2.14. The fourth-order valence-corrected chi connectivity index (χ4v) is 6.13. The van der Waals surface area contributed by atoms with Crippen molar-refractivity contribution in [2.75, 3.05) is 7.05 Å². The zero-order valence-corrected chi connectivity index (χ0v) is 26.3. The third kappa shape index (κ3) is 5.33. The molecule has 0 aliphatic carbocycles. The van der Waals surface area contributed by atoms with Gasteiger partial charge in [0.15, 0.2) is 5.82 Å². The van der Waals surface area contributed by atoms with E-state index in [1.54, 1.807) is 7.05 Å². The standard InChI is InChI=1S/C39H29N9/c1-25(42-45-40-2)26-11-13-28(14-12-26)35-23-31(24-36(41-35)29-15-17-30(18-16-29)39-43-46-47-44-39)27-19-21-32(22-20-27)48-37-9-5-3-7-33(37)34-8-4-6-10-38(34)48/h3-24H,1-2H3,(H,43,44,46,47)/b42-25+,45-40?. The molecule has 1 N–H and O–H groups in total. The van der Waals surface area contributed by atoms with Crippen molar-refractivity contribution in [3.63, 3.8) is 0 Å². The van der Waals surface area contributed by atoms with Crippen LogP contribution in [0.2, 0.25) is 0 Å². The Morgan fingerprint density at radius 1 is 0.625 bits per heavy atom. The number of benzene rings is 5. The number of pyridine rings is 1. The molecule has 3 aromatic heterocycles. The van der Waals surface area contributed by atoms with E-state index in [9.17, 15) is 0 Å². The van der Waals surface area contributed by atoms with E-state index in [0.29, 0.717) is 5.82 Å². The number of hydrogen-bond acceptors (Lipinski definition) is 6. The monoisotopic (exact) mass is 623 g/mol. The van der Waals surface area contributed by atoms with E-state index in [2.05, 4.69) is 138 Å². The fourth-order valence-electron chi connectivity index (χ4n) is 6.13. The third-order valence-corrected chi connectivity index (χ3v) is 8.55. The quantitative estimate of drug-likeness (QED) is 0.108. The van der Waals surface area contributed by atoms with Gasteiger partial charge in [0.2, 0.25) is 0 Å². The van der Waals surface area contributed by atoms with Gasteiger partial charge in [-0.2, -0.15) is 5.11 Å². The second kappa shape index (κ2) is 12.3. The molecule has 0 unspecified atom stereocenters. The summed E-state index contributed by atoms with van der Waals surface area (Å²) in [5.41, 5.74) is 12.0. The predicted octanol–water partition coefficient (Wildman–Crippen LogP) is 9.17. The van der Waals surface area contributed by atoms with E-state index >= 15 is 0 Å². The molecule has 8 aromatic rings. The number of tetrazole rings is 1. The third-order valence-electron chi connectivity index (χ3n) is 8.55. The first kappa shape index (κ1) is 28.8. The maximum atomic E-state index is 5.13. The van der Waals surface area contributed by atoms with Crippen LogP contribution in [0.4, 0.5) is 0 Å². The van der Waals surface area contributed by atoms with Gasteiger partial charge in [-0.05, 0) is 75.7 Å². The van der Waals surface area contributed by atoms with Crippen LogP contribution in [0.1, 0.15) is 12.5 Å². The number of rotatable bonds is 7. The van der Waals surface area contributed by atoms with Crippen LogP contribution in [0.5, 0.6) is 0 Å². The summed E-state index contributed by atoms with van der Waals surface area (Å²) in [6.07, 6.45) is 0. The second-order valence-corrected chi connectivity index (χ2v) is 11.4. The molecule has 3 heterocycles. The Kier molecular flexibility index (Phi) is 7.39. The lowest BCUT2D eigenvalue weighted by Gasteiger charge is -2.12. The molecule has 0 aliphatic heterocycles. The van der Waals surface area contributed by atoms with E-state index < -0.39 is 0 Å². The van der Waals surface area contributed by atoms with E-state index in [0.717, 1.165) is 56.2 Å². The molecule has 5 aromatic carbocycles. The van der Waals surface area contributed by atoms with Crippen LogP contribution in [0.25, 0.3) is 72.5 Å². The average Bonchev–Trinajstić information content (AvgIpc) is 3.81. The van der Waals surface area contributed by atoms with Crippen molar-refractivity contribution in [3.8, 4) is 50.7 Å². The van der Waals surface area contributed by atoms with Crippen LogP contribution in [0, 0.1) is 0 Å². The molecule has 0 saturated heterocycles. The Balaban J connectivity index is 1.21. The number of aromatic amines is 1. The lowest BCUT2D eigenvalue weighted by molar-refractivity contribution is 0.881. The van der Waals surface area contributed by atoms with Gasteiger partial charge in [0, 0.05) is 33.2 Å². The molecule has 9 nitrogen and oxygen atoms in total. The van der Waals surface area contributed by atoms with Gasteiger partial charge in [0.1, 0.15) is 0 Å². The van der Waals surface area contributed by atoms with Gasteiger partial charge in [-0.1, -0.05) is 97.1 Å². The van der Waals surface area contributed by atoms with Gasteiger partial charge >= 0.3 is 0 Å². The lowest BCUT2D eigenvalue weighted by Crippen LogP contribution is -1.95. The number of fused-ring (bicyclic) bond motifs is 3. The highest BCUT2D eigenvalue weighted by Crippen LogP contribution is 2.34. The number of nitrogens with one attached hydrogen (secondary N) is 1. The number of H-pyrrole nitrogens is 1. The van der Waals surface area contributed by atoms with Crippen molar-refractivity contribution in [2.24, 2.45) is 15.4 Å². The summed E-state index contributed by atoms with van der Waals surface area (Å²) in [5, 5.41) is 28.4. The normalized spacial score (nSPS) is 12.0. The summed E-state index contributed by atoms with van der Waals surface area (Å²) in [5.74, 6) is 0.617. The number of hydrogen-bond donors (Lipinski definition) is 1. The first-order valence-electron chi connectivity index (χ1n) is 15.6. The Labute approximate surface area is 276 Å². The molecule has 230 valence electrons. The van der Waals surface area contributed by atoms with E-state index in [4.69, 9.17) is 4.98 Å². The Bertz CT molecular complexity index is 2390. The molecular formula is C39H29N9. The van der Waals surface area contributed by atoms with Gasteiger partial charge in [0.05, 0.1) is 35.2 Å². The SMILES string of the molecule is CN=N/N=C(\C)c1ccc(-c2cc(-c3ccc(-n4c5ccccc5c5ccccc54)cc3)cc(-c3ccc(-c4nnn[nH]4)cc3)n2)cc1. The molecule has 0 radical (unpaired) electrons. The minimum Gasteiger partial charge on any atom is -0.309 e.